The van der Waals surface area contributed by atoms with E-state index in [1.165, 1.54) is 0 Å². The molecule has 0 aliphatic carbocycles. The second kappa shape index (κ2) is 15.7. The van der Waals surface area contributed by atoms with Crippen molar-refractivity contribution in [3.05, 3.63) is 0 Å². The molecule has 0 aliphatic heterocycles. The molecular formula is H8BMgMnO3Sb. The molecule has 0 saturated carbocycles. The molecular weight excluding hydrogens is 260 g/mol. The summed E-state index contributed by atoms with van der Waals surface area (Å²) < 4.78 is 0. The van der Waals surface area contributed by atoms with Crippen LogP contribution in [0, 0.1) is 0 Å². The zero-order valence-corrected chi connectivity index (χ0v) is 10.3. The molecule has 0 spiro atoms. The second-order valence-corrected chi connectivity index (χ2v) is 0.346. The summed E-state index contributed by atoms with van der Waals surface area (Å²) >= 11 is 0. The Balaban J connectivity index is -0.00000000450. The van der Waals surface area contributed by atoms with Crippen LogP contribution in [0.2, 0.25) is 0 Å². The standard InChI is InChI=1S/BH3O3.Mg.Mn.Sb.5H/c2-1(3)4;;;;;;;;/h2-4H;;;;;;;;/q;+2;;;;;;2*-1. The molecule has 0 bridgehead atoms. The van der Waals surface area contributed by atoms with E-state index >= 15 is 0 Å². The quantitative estimate of drug-likeness (QED) is 0.401. The molecule has 0 rings (SSSR count). The van der Waals surface area contributed by atoms with E-state index in [1.807, 2.05) is 0 Å². The third-order valence-electron chi connectivity index (χ3n) is 0. The Morgan fingerprint density at radius 1 is 1.14 bits per heavy atom. The first-order chi connectivity index (χ1) is 1.73. The summed E-state index contributed by atoms with van der Waals surface area (Å²) in [5.41, 5.74) is 0. The molecule has 7 heteroatoms. The first-order valence-electron chi connectivity index (χ1n) is 0.775. The Labute approximate surface area is 89.1 Å². The Bertz CT molecular complexity index is 26.5. The summed E-state index contributed by atoms with van der Waals surface area (Å²) in [4.78, 5) is 0. The summed E-state index contributed by atoms with van der Waals surface area (Å²) in [5.74, 6) is 0. The van der Waals surface area contributed by atoms with Crippen molar-refractivity contribution in [3.8, 4) is 0 Å². The molecule has 0 saturated heterocycles. The fraction of sp³-hybridized carbons (Fsp3) is 0. The van der Waals surface area contributed by atoms with Gasteiger partial charge in [0.05, 0.1) is 0 Å². The maximum atomic E-state index is 7.17. The molecule has 0 aromatic carbocycles. The monoisotopic (exact) mass is 267 g/mol. The van der Waals surface area contributed by atoms with E-state index in [1.54, 1.807) is 0 Å². The minimum atomic E-state index is -2.17. The Hall–Kier alpha value is 2.05. The van der Waals surface area contributed by atoms with E-state index in [9.17, 15) is 0 Å². The van der Waals surface area contributed by atoms with Crippen molar-refractivity contribution in [2.24, 2.45) is 0 Å². The molecule has 0 aromatic rings. The van der Waals surface area contributed by atoms with Crippen LogP contribution in [0.3, 0.4) is 0 Å². The predicted molar refractivity (Wildman–Crippen MR) is 30.3 cm³/mol. The molecule has 0 unspecified atom stereocenters. The van der Waals surface area contributed by atoms with Gasteiger partial charge in [-0.1, -0.05) is 0 Å². The summed E-state index contributed by atoms with van der Waals surface area (Å²) in [5, 5.41) is 21.5. The second-order valence-electron chi connectivity index (χ2n) is 0.346. The van der Waals surface area contributed by atoms with Crippen molar-refractivity contribution >= 4 is 54.8 Å². The fourth-order valence-corrected chi connectivity index (χ4v) is 0. The summed E-state index contributed by atoms with van der Waals surface area (Å²) in [7, 11) is -2.17. The van der Waals surface area contributed by atoms with E-state index in [2.05, 4.69) is 0 Å². The SMILES string of the molecule is OB(O)O.[H-].[H-].[Mg+2].[Mn].[SbH3]. The average molecular weight is 268 g/mol. The first kappa shape index (κ1) is 23.0. The van der Waals surface area contributed by atoms with Crippen molar-refractivity contribution in [2.75, 3.05) is 0 Å². The first-order valence-corrected chi connectivity index (χ1v) is 0.775. The number of rotatable bonds is 0. The molecule has 0 atom stereocenters. The van der Waals surface area contributed by atoms with E-state index in [0.717, 1.165) is 0 Å². The van der Waals surface area contributed by atoms with Gasteiger partial charge in [0.15, 0.2) is 0 Å². The fourth-order valence-electron chi connectivity index (χ4n) is 0. The van der Waals surface area contributed by atoms with Gasteiger partial charge in [-0.15, -0.1) is 0 Å². The maximum absolute atomic E-state index is 7.17. The molecule has 0 fully saturated rings. The van der Waals surface area contributed by atoms with Crippen molar-refractivity contribution in [3.63, 3.8) is 0 Å². The van der Waals surface area contributed by atoms with Crippen LogP contribution in [0.25, 0.3) is 0 Å². The molecule has 7 heavy (non-hydrogen) atoms. The molecule has 0 aliphatic rings. The predicted octanol–water partition coefficient (Wildman–Crippen LogP) is -3.39. The van der Waals surface area contributed by atoms with Gasteiger partial charge in [-0.05, 0) is 0 Å². The van der Waals surface area contributed by atoms with Crippen LogP contribution in [0.15, 0.2) is 0 Å². The summed E-state index contributed by atoms with van der Waals surface area (Å²) in [6.07, 6.45) is 0. The van der Waals surface area contributed by atoms with Gasteiger partial charge in [-0.25, -0.2) is 0 Å². The van der Waals surface area contributed by atoms with Gasteiger partial charge in [-0.2, -0.15) is 0 Å². The average Bonchev–Trinajstić information content (AvgIpc) is 0.811. The van der Waals surface area contributed by atoms with Gasteiger partial charge < -0.3 is 17.9 Å². The van der Waals surface area contributed by atoms with Crippen LogP contribution in [0.5, 0.6) is 0 Å². The molecule has 43 valence electrons. The van der Waals surface area contributed by atoms with E-state index in [-0.39, 0.29) is 67.4 Å². The molecule has 0 amide bonds. The van der Waals surface area contributed by atoms with Crippen LogP contribution < -0.4 is 0 Å². The van der Waals surface area contributed by atoms with Gasteiger partial charge in [0.25, 0.3) is 0 Å². The molecule has 3 nitrogen and oxygen atoms in total. The molecule has 0 heterocycles. The Kier molecular flexibility index (Phi) is 51.5. The van der Waals surface area contributed by atoms with Crippen LogP contribution in [-0.4, -0.2) is 69.9 Å². The zero-order chi connectivity index (χ0) is 3.58. The van der Waals surface area contributed by atoms with Crippen molar-refractivity contribution in [1.82, 2.24) is 0 Å². The minimum absolute atomic E-state index is 0. The van der Waals surface area contributed by atoms with Gasteiger partial charge in [-0.3, -0.25) is 0 Å². The van der Waals surface area contributed by atoms with Crippen LogP contribution in [0.4, 0.5) is 0 Å². The van der Waals surface area contributed by atoms with E-state index in [4.69, 9.17) is 15.1 Å². The van der Waals surface area contributed by atoms with E-state index in [0.29, 0.717) is 0 Å². The normalized spacial score (nSPS) is 3.86. The Morgan fingerprint density at radius 2 is 1.14 bits per heavy atom. The van der Waals surface area contributed by atoms with Crippen LogP contribution >= 0.6 is 0 Å². The van der Waals surface area contributed by atoms with Crippen molar-refractivity contribution in [2.45, 2.75) is 0 Å². The number of hydrogen-bond acceptors (Lipinski definition) is 3. The van der Waals surface area contributed by atoms with Gasteiger partial charge in [0.1, 0.15) is 0 Å². The summed E-state index contributed by atoms with van der Waals surface area (Å²) in [6.45, 7) is 0. The van der Waals surface area contributed by atoms with Gasteiger partial charge >= 0.3 is 54.8 Å². The molecule has 0 aromatic heterocycles. The zero-order valence-electron chi connectivity index (χ0n) is 5.71. The molecule has 3 N–H and O–H groups in total. The number of hydrogen-bond donors (Lipinski definition) is 3. The summed E-state index contributed by atoms with van der Waals surface area (Å²) in [6, 6.07) is 0. The third-order valence-corrected chi connectivity index (χ3v) is 0. The van der Waals surface area contributed by atoms with Crippen LogP contribution in [0.1, 0.15) is 2.85 Å². The Morgan fingerprint density at radius 3 is 1.14 bits per heavy atom. The molecule has 1 radical (unpaired) electrons. The van der Waals surface area contributed by atoms with Gasteiger partial charge in [0, 0.05) is 17.1 Å². The van der Waals surface area contributed by atoms with Crippen molar-refractivity contribution in [1.29, 1.82) is 0 Å². The van der Waals surface area contributed by atoms with E-state index < -0.39 is 7.32 Å². The van der Waals surface area contributed by atoms with Gasteiger partial charge in [0.2, 0.25) is 0 Å². The topological polar surface area (TPSA) is 60.7 Å². The van der Waals surface area contributed by atoms with Crippen molar-refractivity contribution < 1.29 is 35.0 Å². The third kappa shape index (κ3) is 70.2. The van der Waals surface area contributed by atoms with Crippen LogP contribution in [-0.2, 0) is 17.1 Å².